The molecule has 0 aromatic heterocycles. The van der Waals surface area contributed by atoms with Gasteiger partial charge in [-0.25, -0.2) is 9.69 Å². The number of methoxy groups -OCH3 is 1. The number of urea groups is 1. The molecule has 0 unspecified atom stereocenters. The fourth-order valence-corrected chi connectivity index (χ4v) is 5.12. The maximum atomic E-state index is 13.5. The molecule has 9 nitrogen and oxygen atoms in total. The van der Waals surface area contributed by atoms with Crippen LogP contribution in [0.4, 0.5) is 10.5 Å². The van der Waals surface area contributed by atoms with Crippen molar-refractivity contribution in [3.8, 4) is 5.75 Å². The molecule has 5 rings (SSSR count). The Morgan fingerprint density at radius 1 is 0.821 bits per heavy atom. The number of amides is 6. The first-order valence-electron chi connectivity index (χ1n) is 12.2. The van der Waals surface area contributed by atoms with Crippen LogP contribution in [-0.4, -0.2) is 41.7 Å². The highest BCUT2D eigenvalue weighted by molar-refractivity contribution is 6.39. The van der Waals surface area contributed by atoms with E-state index in [2.05, 4.69) is 5.32 Å². The Labute approximate surface area is 224 Å². The van der Waals surface area contributed by atoms with Gasteiger partial charge in [-0.3, -0.25) is 29.4 Å². The van der Waals surface area contributed by atoms with E-state index in [1.54, 1.807) is 56.3 Å². The van der Waals surface area contributed by atoms with E-state index in [1.165, 1.54) is 13.2 Å². The highest BCUT2D eigenvalue weighted by Crippen LogP contribution is 2.31. The smallest absolute Gasteiger partial charge is 0.335 e. The monoisotopic (exact) mass is 523 g/mol. The van der Waals surface area contributed by atoms with Crippen LogP contribution in [0.25, 0.3) is 6.08 Å². The van der Waals surface area contributed by atoms with Gasteiger partial charge in [0, 0.05) is 5.56 Å². The summed E-state index contributed by atoms with van der Waals surface area (Å²) in [6, 6.07) is 14.4. The van der Waals surface area contributed by atoms with E-state index >= 15 is 0 Å². The SMILES string of the molecule is COc1ccc(C=C2C(=O)NC(=O)N(c3c(C)cc(C)cc3C)C2=O)cc1CN1C(=O)c2ccccc2C1=O. The average molecular weight is 524 g/mol. The van der Waals surface area contributed by atoms with Gasteiger partial charge in [-0.2, -0.15) is 0 Å². The highest BCUT2D eigenvalue weighted by Gasteiger charge is 2.38. The molecule has 0 spiro atoms. The molecule has 1 saturated heterocycles. The molecule has 2 heterocycles. The third-order valence-corrected chi connectivity index (χ3v) is 6.78. The van der Waals surface area contributed by atoms with Gasteiger partial charge in [-0.15, -0.1) is 0 Å². The summed E-state index contributed by atoms with van der Waals surface area (Å²) in [5.74, 6) is -1.98. The number of carbonyl (C=O) groups excluding carboxylic acids is 5. The number of hydrogen-bond donors (Lipinski definition) is 1. The van der Waals surface area contributed by atoms with Crippen molar-refractivity contribution < 1.29 is 28.7 Å². The second kappa shape index (κ2) is 9.68. The van der Waals surface area contributed by atoms with Crippen LogP contribution in [0.3, 0.4) is 0 Å². The normalized spacial score (nSPS) is 16.2. The average Bonchev–Trinajstić information content (AvgIpc) is 3.13. The molecule has 2 aliphatic rings. The highest BCUT2D eigenvalue weighted by atomic mass is 16.5. The van der Waals surface area contributed by atoms with Gasteiger partial charge in [-0.1, -0.05) is 35.9 Å². The van der Waals surface area contributed by atoms with Crippen molar-refractivity contribution in [3.05, 3.63) is 99.1 Å². The zero-order chi connectivity index (χ0) is 28.0. The van der Waals surface area contributed by atoms with Gasteiger partial charge in [0.25, 0.3) is 23.6 Å². The molecule has 1 fully saturated rings. The molecule has 0 aliphatic carbocycles. The van der Waals surface area contributed by atoms with Crippen molar-refractivity contribution in [2.24, 2.45) is 0 Å². The molecular formula is C30H25N3O6. The summed E-state index contributed by atoms with van der Waals surface area (Å²) in [7, 11) is 1.47. The molecule has 196 valence electrons. The lowest BCUT2D eigenvalue weighted by Crippen LogP contribution is -2.54. The number of carbonyl (C=O) groups is 5. The molecule has 0 radical (unpaired) electrons. The summed E-state index contributed by atoms with van der Waals surface area (Å²) in [5, 5.41) is 2.25. The zero-order valence-corrected chi connectivity index (χ0v) is 21.8. The van der Waals surface area contributed by atoms with Crippen LogP contribution in [0.5, 0.6) is 5.75 Å². The van der Waals surface area contributed by atoms with Gasteiger partial charge < -0.3 is 4.74 Å². The zero-order valence-electron chi connectivity index (χ0n) is 21.8. The minimum atomic E-state index is -0.821. The third kappa shape index (κ3) is 4.37. The Morgan fingerprint density at radius 2 is 1.44 bits per heavy atom. The molecule has 3 aromatic rings. The van der Waals surface area contributed by atoms with E-state index in [0.29, 0.717) is 33.7 Å². The minimum Gasteiger partial charge on any atom is -0.496 e. The molecule has 1 N–H and O–H groups in total. The molecule has 6 amide bonds. The number of barbiturate groups is 1. The predicted molar refractivity (Wildman–Crippen MR) is 143 cm³/mol. The number of imide groups is 3. The predicted octanol–water partition coefficient (Wildman–Crippen LogP) is 4.08. The van der Waals surface area contributed by atoms with Crippen molar-refractivity contribution in [1.29, 1.82) is 0 Å². The number of ether oxygens (including phenoxy) is 1. The Morgan fingerprint density at radius 3 is 2.03 bits per heavy atom. The lowest BCUT2D eigenvalue weighted by atomic mass is 10.0. The Hall–Kier alpha value is -5.05. The first kappa shape index (κ1) is 25.6. The van der Waals surface area contributed by atoms with E-state index < -0.39 is 29.7 Å². The Balaban J connectivity index is 1.50. The Bertz CT molecular complexity index is 1580. The van der Waals surface area contributed by atoms with Gasteiger partial charge in [0.05, 0.1) is 30.5 Å². The fourth-order valence-electron chi connectivity index (χ4n) is 5.12. The van der Waals surface area contributed by atoms with E-state index in [1.807, 2.05) is 19.1 Å². The summed E-state index contributed by atoms with van der Waals surface area (Å²) < 4.78 is 5.45. The van der Waals surface area contributed by atoms with Crippen molar-refractivity contribution in [3.63, 3.8) is 0 Å². The molecule has 0 saturated carbocycles. The lowest BCUT2D eigenvalue weighted by Gasteiger charge is -2.29. The van der Waals surface area contributed by atoms with Crippen LogP contribution in [0.2, 0.25) is 0 Å². The molecular weight excluding hydrogens is 498 g/mol. The van der Waals surface area contributed by atoms with Crippen LogP contribution >= 0.6 is 0 Å². The quantitative estimate of drug-likeness (QED) is 0.306. The number of fused-ring (bicyclic) bond motifs is 1. The number of rotatable bonds is 5. The fraction of sp³-hybridized carbons (Fsp3) is 0.167. The number of aryl methyl sites for hydroxylation is 3. The van der Waals surface area contributed by atoms with E-state index in [4.69, 9.17) is 4.74 Å². The molecule has 0 atom stereocenters. The van der Waals surface area contributed by atoms with Crippen LogP contribution in [0.1, 0.15) is 48.5 Å². The number of hydrogen-bond acceptors (Lipinski definition) is 6. The van der Waals surface area contributed by atoms with Crippen molar-refractivity contribution in [2.75, 3.05) is 12.0 Å². The maximum Gasteiger partial charge on any atom is 0.335 e. The van der Waals surface area contributed by atoms with Crippen molar-refractivity contribution in [1.82, 2.24) is 10.2 Å². The minimum absolute atomic E-state index is 0.0704. The van der Waals surface area contributed by atoms with Gasteiger partial charge in [0.15, 0.2) is 0 Å². The summed E-state index contributed by atoms with van der Waals surface area (Å²) in [5.41, 5.74) is 4.22. The van der Waals surface area contributed by atoms with Crippen LogP contribution in [0.15, 0.2) is 60.2 Å². The second-order valence-electron chi connectivity index (χ2n) is 9.52. The molecule has 0 bridgehead atoms. The van der Waals surface area contributed by atoms with Crippen LogP contribution in [-0.2, 0) is 16.1 Å². The summed E-state index contributed by atoms with van der Waals surface area (Å²) >= 11 is 0. The van der Waals surface area contributed by atoms with Gasteiger partial charge >= 0.3 is 6.03 Å². The molecule has 3 aromatic carbocycles. The summed E-state index contributed by atoms with van der Waals surface area (Å²) in [6.07, 6.45) is 1.38. The second-order valence-corrected chi connectivity index (χ2v) is 9.52. The van der Waals surface area contributed by atoms with Crippen molar-refractivity contribution in [2.45, 2.75) is 27.3 Å². The van der Waals surface area contributed by atoms with E-state index in [-0.39, 0.29) is 12.1 Å². The lowest BCUT2D eigenvalue weighted by molar-refractivity contribution is -0.122. The van der Waals surface area contributed by atoms with Crippen molar-refractivity contribution >= 4 is 41.4 Å². The molecule has 39 heavy (non-hydrogen) atoms. The summed E-state index contributed by atoms with van der Waals surface area (Å²) in [4.78, 5) is 66.9. The maximum absolute atomic E-state index is 13.5. The first-order chi connectivity index (χ1) is 18.6. The van der Waals surface area contributed by atoms with Crippen LogP contribution in [0, 0.1) is 20.8 Å². The summed E-state index contributed by atoms with van der Waals surface area (Å²) in [6.45, 7) is 5.44. The molecule has 2 aliphatic heterocycles. The largest absolute Gasteiger partial charge is 0.496 e. The number of nitrogens with one attached hydrogen (secondary N) is 1. The van der Waals surface area contributed by atoms with Gasteiger partial charge in [0.2, 0.25) is 0 Å². The first-order valence-corrected chi connectivity index (χ1v) is 12.2. The topological polar surface area (TPSA) is 113 Å². The standard InChI is InChI=1S/C30H25N3O6/c1-16-11-17(2)25(18(3)12-16)33-29(37)23(26(34)31-30(33)38)14-19-9-10-24(39-4)20(13-19)15-32-27(35)21-7-5-6-8-22(21)28(32)36/h5-14H,15H2,1-4H3,(H,31,34,38). The van der Waals surface area contributed by atoms with Crippen LogP contribution < -0.4 is 15.0 Å². The number of anilines is 1. The Kier molecular flexibility index (Phi) is 6.35. The number of nitrogens with zero attached hydrogens (tertiary/aromatic N) is 2. The van der Waals surface area contributed by atoms with E-state index in [0.717, 1.165) is 26.5 Å². The van der Waals surface area contributed by atoms with E-state index in [9.17, 15) is 24.0 Å². The molecule has 9 heteroatoms. The van der Waals surface area contributed by atoms with Gasteiger partial charge in [0.1, 0.15) is 11.3 Å². The number of benzene rings is 3. The van der Waals surface area contributed by atoms with Gasteiger partial charge in [-0.05, 0) is 67.8 Å². The third-order valence-electron chi connectivity index (χ3n) is 6.78.